The zero-order valence-electron chi connectivity index (χ0n) is 13.1. The maximum absolute atomic E-state index is 8.74. The second kappa shape index (κ2) is 5.28. The van der Waals surface area contributed by atoms with Gasteiger partial charge in [-0.25, -0.2) is 4.98 Å². The molecule has 20 heavy (non-hydrogen) atoms. The highest BCUT2D eigenvalue weighted by molar-refractivity contribution is 5.78. The summed E-state index contributed by atoms with van der Waals surface area (Å²) in [6.45, 7) is 11.7. The highest BCUT2D eigenvalue weighted by Gasteiger charge is 2.22. The van der Waals surface area contributed by atoms with Crippen molar-refractivity contribution in [3.05, 3.63) is 29.1 Å². The van der Waals surface area contributed by atoms with E-state index in [0.717, 1.165) is 24.3 Å². The van der Waals surface area contributed by atoms with E-state index in [9.17, 15) is 0 Å². The SMILES string of the molecule is Cc1cc2nc(C(C)(C)C)n(CCCC#N)c2cc1C. The van der Waals surface area contributed by atoms with Crippen LogP contribution in [-0.2, 0) is 12.0 Å². The predicted octanol–water partition coefficient (Wildman–Crippen LogP) is 4.25. The summed E-state index contributed by atoms with van der Waals surface area (Å²) in [6.07, 6.45) is 1.46. The lowest BCUT2D eigenvalue weighted by Crippen LogP contribution is -2.19. The van der Waals surface area contributed by atoms with Crippen LogP contribution >= 0.6 is 0 Å². The quantitative estimate of drug-likeness (QED) is 0.781. The Hall–Kier alpha value is -1.82. The van der Waals surface area contributed by atoms with Gasteiger partial charge in [0, 0.05) is 18.4 Å². The number of unbranched alkanes of at least 4 members (excludes halogenated alkanes) is 1. The van der Waals surface area contributed by atoms with Crippen LogP contribution in [0.25, 0.3) is 11.0 Å². The van der Waals surface area contributed by atoms with E-state index in [1.165, 1.54) is 16.6 Å². The van der Waals surface area contributed by atoms with Crippen LogP contribution in [0.15, 0.2) is 12.1 Å². The van der Waals surface area contributed by atoms with E-state index in [0.29, 0.717) is 6.42 Å². The van der Waals surface area contributed by atoms with Gasteiger partial charge in [0.15, 0.2) is 0 Å². The molecule has 0 N–H and O–H groups in total. The first kappa shape index (κ1) is 14.6. The Labute approximate surface area is 121 Å². The molecule has 0 unspecified atom stereocenters. The number of nitrogens with zero attached hydrogens (tertiary/aromatic N) is 3. The van der Waals surface area contributed by atoms with E-state index >= 15 is 0 Å². The largest absolute Gasteiger partial charge is 0.328 e. The third-order valence-corrected chi connectivity index (χ3v) is 3.70. The minimum Gasteiger partial charge on any atom is -0.328 e. The first-order valence-corrected chi connectivity index (χ1v) is 7.19. The van der Waals surface area contributed by atoms with Gasteiger partial charge in [0.2, 0.25) is 0 Å². The number of benzene rings is 1. The van der Waals surface area contributed by atoms with Crippen molar-refractivity contribution in [2.24, 2.45) is 0 Å². The highest BCUT2D eigenvalue weighted by atomic mass is 15.1. The summed E-state index contributed by atoms with van der Waals surface area (Å²) in [5.41, 5.74) is 4.83. The van der Waals surface area contributed by atoms with Crippen molar-refractivity contribution in [3.8, 4) is 6.07 Å². The molecule has 2 rings (SSSR count). The third kappa shape index (κ3) is 2.70. The molecule has 0 fully saturated rings. The topological polar surface area (TPSA) is 41.6 Å². The monoisotopic (exact) mass is 269 g/mol. The van der Waals surface area contributed by atoms with Crippen molar-refractivity contribution >= 4 is 11.0 Å². The maximum Gasteiger partial charge on any atom is 0.115 e. The Bertz CT molecular complexity index is 666. The van der Waals surface area contributed by atoms with E-state index in [2.05, 4.69) is 57.4 Å². The molecule has 0 saturated carbocycles. The first-order chi connectivity index (χ1) is 9.34. The Balaban J connectivity index is 2.59. The fraction of sp³-hybridized carbons (Fsp3) is 0.529. The van der Waals surface area contributed by atoms with E-state index < -0.39 is 0 Å². The van der Waals surface area contributed by atoms with Crippen LogP contribution in [0.2, 0.25) is 0 Å². The number of aromatic nitrogens is 2. The molecular weight excluding hydrogens is 246 g/mol. The molecule has 1 heterocycles. The van der Waals surface area contributed by atoms with Crippen LogP contribution in [0.3, 0.4) is 0 Å². The van der Waals surface area contributed by atoms with E-state index in [1.807, 2.05) is 0 Å². The number of aryl methyl sites for hydroxylation is 3. The lowest BCUT2D eigenvalue weighted by atomic mass is 9.95. The Morgan fingerprint density at radius 3 is 2.45 bits per heavy atom. The second-order valence-electron chi connectivity index (χ2n) is 6.52. The number of fused-ring (bicyclic) bond motifs is 1. The van der Waals surface area contributed by atoms with Crippen LogP contribution in [0, 0.1) is 25.2 Å². The molecule has 1 aromatic carbocycles. The molecule has 0 bridgehead atoms. The standard InChI is InChI=1S/C17H23N3/c1-12-10-14-15(11-13(12)2)20(9-7-6-8-18)16(19-14)17(3,4)5/h10-11H,6-7,9H2,1-5H3. The zero-order valence-corrected chi connectivity index (χ0v) is 13.1. The van der Waals surface area contributed by atoms with Gasteiger partial charge in [-0.2, -0.15) is 5.26 Å². The van der Waals surface area contributed by atoms with E-state index in [1.54, 1.807) is 0 Å². The minimum absolute atomic E-state index is 0.00741. The zero-order chi connectivity index (χ0) is 14.9. The van der Waals surface area contributed by atoms with Crippen molar-refractivity contribution in [3.63, 3.8) is 0 Å². The van der Waals surface area contributed by atoms with Crippen LogP contribution in [-0.4, -0.2) is 9.55 Å². The summed E-state index contributed by atoms with van der Waals surface area (Å²) >= 11 is 0. The number of rotatable bonds is 3. The molecule has 0 spiro atoms. The Morgan fingerprint density at radius 1 is 1.20 bits per heavy atom. The summed E-state index contributed by atoms with van der Waals surface area (Å²) in [5, 5.41) is 8.74. The van der Waals surface area contributed by atoms with Gasteiger partial charge < -0.3 is 4.57 Å². The lowest BCUT2D eigenvalue weighted by molar-refractivity contribution is 0.498. The van der Waals surface area contributed by atoms with Gasteiger partial charge in [0.25, 0.3) is 0 Å². The molecule has 0 aliphatic rings. The molecule has 1 aromatic heterocycles. The van der Waals surface area contributed by atoms with Gasteiger partial charge in [-0.1, -0.05) is 20.8 Å². The van der Waals surface area contributed by atoms with Gasteiger partial charge in [-0.15, -0.1) is 0 Å². The molecule has 3 heteroatoms. The summed E-state index contributed by atoms with van der Waals surface area (Å²) in [6, 6.07) is 6.61. The average Bonchev–Trinajstić information content (AvgIpc) is 2.69. The number of hydrogen-bond acceptors (Lipinski definition) is 2. The molecular formula is C17H23N3. The van der Waals surface area contributed by atoms with Gasteiger partial charge in [-0.05, 0) is 43.5 Å². The third-order valence-electron chi connectivity index (χ3n) is 3.70. The van der Waals surface area contributed by atoms with Crippen molar-refractivity contribution in [2.45, 2.75) is 59.4 Å². The van der Waals surface area contributed by atoms with Crippen molar-refractivity contribution in [1.82, 2.24) is 9.55 Å². The van der Waals surface area contributed by atoms with Gasteiger partial charge in [0.1, 0.15) is 5.82 Å². The van der Waals surface area contributed by atoms with Crippen molar-refractivity contribution in [1.29, 1.82) is 5.26 Å². The van der Waals surface area contributed by atoms with Crippen LogP contribution in [0.5, 0.6) is 0 Å². The molecule has 0 radical (unpaired) electrons. The van der Waals surface area contributed by atoms with Crippen LogP contribution < -0.4 is 0 Å². The molecule has 0 saturated heterocycles. The normalized spacial score (nSPS) is 11.8. The second-order valence-corrected chi connectivity index (χ2v) is 6.52. The Kier molecular flexibility index (Phi) is 3.85. The van der Waals surface area contributed by atoms with Crippen molar-refractivity contribution in [2.75, 3.05) is 0 Å². The van der Waals surface area contributed by atoms with Crippen molar-refractivity contribution < 1.29 is 0 Å². The van der Waals surface area contributed by atoms with Gasteiger partial charge in [0.05, 0.1) is 17.1 Å². The fourth-order valence-electron chi connectivity index (χ4n) is 2.50. The molecule has 0 atom stereocenters. The molecule has 2 aromatic rings. The van der Waals surface area contributed by atoms with Crippen LogP contribution in [0.1, 0.15) is 50.6 Å². The first-order valence-electron chi connectivity index (χ1n) is 7.19. The molecule has 0 aliphatic carbocycles. The smallest absolute Gasteiger partial charge is 0.115 e. The van der Waals surface area contributed by atoms with Gasteiger partial charge in [-0.3, -0.25) is 0 Å². The molecule has 0 amide bonds. The maximum atomic E-state index is 8.74. The number of hydrogen-bond donors (Lipinski definition) is 0. The van der Waals surface area contributed by atoms with Gasteiger partial charge >= 0.3 is 0 Å². The lowest BCUT2D eigenvalue weighted by Gasteiger charge is -2.20. The summed E-state index contributed by atoms with van der Waals surface area (Å²) < 4.78 is 2.29. The fourth-order valence-corrected chi connectivity index (χ4v) is 2.50. The van der Waals surface area contributed by atoms with Crippen LogP contribution in [0.4, 0.5) is 0 Å². The summed E-state index contributed by atoms with van der Waals surface area (Å²) in [7, 11) is 0. The molecule has 0 aliphatic heterocycles. The van der Waals surface area contributed by atoms with E-state index in [4.69, 9.17) is 10.2 Å². The minimum atomic E-state index is 0.00741. The molecule has 3 nitrogen and oxygen atoms in total. The predicted molar refractivity (Wildman–Crippen MR) is 82.8 cm³/mol. The van der Waals surface area contributed by atoms with E-state index in [-0.39, 0.29) is 5.41 Å². The Morgan fingerprint density at radius 2 is 1.85 bits per heavy atom. The highest BCUT2D eigenvalue weighted by Crippen LogP contribution is 2.28. The molecule has 106 valence electrons. The summed E-state index contributed by atoms with van der Waals surface area (Å²) in [4.78, 5) is 4.84. The average molecular weight is 269 g/mol. The number of nitriles is 1. The number of imidazole rings is 1. The summed E-state index contributed by atoms with van der Waals surface area (Å²) in [5.74, 6) is 1.11.